The van der Waals surface area contributed by atoms with Gasteiger partial charge in [0.05, 0.1) is 24.1 Å². The Morgan fingerprint density at radius 2 is 1.85 bits per heavy atom. The molecule has 3 N–H and O–H groups in total. The zero-order valence-electron chi connectivity index (χ0n) is 14.3. The Morgan fingerprint density at radius 3 is 2.52 bits per heavy atom. The highest BCUT2D eigenvalue weighted by Crippen LogP contribution is 2.30. The maximum Gasteiger partial charge on any atom is 0.339 e. The third kappa shape index (κ3) is 5.20. The largest absolute Gasteiger partial charge is 0.548 e. The summed E-state index contributed by atoms with van der Waals surface area (Å²) in [7, 11) is 0. The van der Waals surface area contributed by atoms with Crippen LogP contribution in [0.1, 0.15) is 17.5 Å². The number of carboxylic acids is 1. The number of phenolic OH excluding ortho intramolecular Hbond substituents is 1. The van der Waals surface area contributed by atoms with E-state index in [2.05, 4.69) is 5.32 Å². The number of rotatable bonds is 7. The summed E-state index contributed by atoms with van der Waals surface area (Å²) in [6.45, 7) is 0.629. The van der Waals surface area contributed by atoms with Gasteiger partial charge in [-0.3, -0.25) is 9.59 Å². The molecule has 0 atom stereocenters. The van der Waals surface area contributed by atoms with Gasteiger partial charge in [-0.15, -0.1) is 0 Å². The number of phenols is 1. The molecule has 1 heterocycles. The number of carbonyl (C=O) groups is 3. The molecule has 9 nitrogen and oxygen atoms in total. The molecule has 0 spiro atoms. The number of aliphatic carboxylic acids is 1. The number of nitrogens with one attached hydrogen (secondary N) is 2. The summed E-state index contributed by atoms with van der Waals surface area (Å²) < 4.78 is 5.16. The third-order valence-electron chi connectivity index (χ3n) is 3.83. The summed E-state index contributed by atoms with van der Waals surface area (Å²) in [5.74, 6) is -2.83. The number of carboxylic acid groups (broad SMARTS) is 1. The van der Waals surface area contributed by atoms with Gasteiger partial charge in [0.25, 0.3) is 0 Å². The van der Waals surface area contributed by atoms with E-state index in [4.69, 9.17) is 16.0 Å². The molecule has 2 amide bonds. The van der Waals surface area contributed by atoms with Gasteiger partial charge >= 0.3 is 5.63 Å². The number of benzene rings is 1. The minimum Gasteiger partial charge on any atom is -0.548 e. The van der Waals surface area contributed by atoms with E-state index in [0.717, 1.165) is 0 Å². The van der Waals surface area contributed by atoms with Gasteiger partial charge in [0.2, 0.25) is 11.8 Å². The highest BCUT2D eigenvalue weighted by atomic mass is 35.5. The van der Waals surface area contributed by atoms with Gasteiger partial charge in [-0.05, 0) is 25.0 Å². The van der Waals surface area contributed by atoms with Crippen LogP contribution >= 0.6 is 11.6 Å². The lowest BCUT2D eigenvalue weighted by atomic mass is 10.0. The lowest BCUT2D eigenvalue weighted by molar-refractivity contribution is -0.304. The van der Waals surface area contributed by atoms with Crippen LogP contribution in [0.2, 0.25) is 5.02 Å². The molecule has 2 aromatic rings. The minimum atomic E-state index is -1.44. The Balaban J connectivity index is 2.03. The quantitative estimate of drug-likeness (QED) is 0.528. The van der Waals surface area contributed by atoms with Crippen molar-refractivity contribution in [3.05, 3.63) is 38.7 Å². The number of aryl methyl sites for hydroxylation is 1. The maximum atomic E-state index is 12.1. The number of amides is 2. The van der Waals surface area contributed by atoms with Gasteiger partial charge in [0, 0.05) is 23.4 Å². The molecule has 0 bridgehead atoms. The molecule has 0 saturated carbocycles. The van der Waals surface area contributed by atoms with Crippen molar-refractivity contribution in [2.24, 2.45) is 0 Å². The average molecular weight is 396 g/mol. The standard InChI is InChI=1S/C17H17ClN2O7/c1-8-9(2-3-14(22)19-6-15(23)20-7-16(24)25)17(26)27-13-5-12(21)11(18)4-10(8)13/h4-5,21H,2-3,6-7H2,1H3,(H,19,22)(H,20,23)(H,24,25)/p-1. The smallest absolute Gasteiger partial charge is 0.339 e. The molecule has 0 unspecified atom stereocenters. The first-order chi connectivity index (χ1) is 12.7. The van der Waals surface area contributed by atoms with Crippen molar-refractivity contribution >= 4 is 40.4 Å². The van der Waals surface area contributed by atoms with Gasteiger partial charge in [-0.25, -0.2) is 4.79 Å². The van der Waals surface area contributed by atoms with E-state index in [0.29, 0.717) is 10.9 Å². The first-order valence-corrected chi connectivity index (χ1v) is 8.25. The minimum absolute atomic E-state index is 0.0646. The van der Waals surface area contributed by atoms with Crippen molar-refractivity contribution < 1.29 is 29.0 Å². The fourth-order valence-corrected chi connectivity index (χ4v) is 2.59. The predicted molar refractivity (Wildman–Crippen MR) is 93.2 cm³/mol. The van der Waals surface area contributed by atoms with Crippen LogP contribution in [0, 0.1) is 6.92 Å². The summed E-state index contributed by atoms with van der Waals surface area (Å²) in [5, 5.41) is 24.8. The van der Waals surface area contributed by atoms with Gasteiger partial charge in [0.1, 0.15) is 11.3 Å². The monoisotopic (exact) mass is 395 g/mol. The molecule has 0 aliphatic heterocycles. The number of fused-ring (bicyclic) bond motifs is 1. The van der Waals surface area contributed by atoms with E-state index in [1.807, 2.05) is 5.32 Å². The molecule has 10 heteroatoms. The van der Waals surface area contributed by atoms with Crippen LogP contribution in [0.15, 0.2) is 21.3 Å². The molecule has 1 aromatic carbocycles. The number of hydrogen-bond donors (Lipinski definition) is 3. The van der Waals surface area contributed by atoms with Crippen LogP contribution < -0.4 is 21.4 Å². The summed E-state index contributed by atoms with van der Waals surface area (Å²) >= 11 is 5.88. The van der Waals surface area contributed by atoms with E-state index in [9.17, 15) is 29.4 Å². The van der Waals surface area contributed by atoms with Gasteiger partial charge in [0.15, 0.2) is 0 Å². The van der Waals surface area contributed by atoms with E-state index < -0.39 is 36.5 Å². The van der Waals surface area contributed by atoms with Crippen molar-refractivity contribution in [1.82, 2.24) is 10.6 Å². The molecular formula is C17H16ClN2O7-. The van der Waals surface area contributed by atoms with Crippen LogP contribution in [0.5, 0.6) is 5.75 Å². The Labute approximate surface area is 157 Å². The average Bonchev–Trinajstić information content (AvgIpc) is 2.60. The molecule has 0 fully saturated rings. The summed E-state index contributed by atoms with van der Waals surface area (Å²) in [4.78, 5) is 45.5. The van der Waals surface area contributed by atoms with Crippen LogP contribution in [-0.4, -0.2) is 36.0 Å². The normalized spacial score (nSPS) is 10.6. The zero-order valence-corrected chi connectivity index (χ0v) is 15.0. The molecule has 144 valence electrons. The van der Waals surface area contributed by atoms with Crippen LogP contribution in [-0.2, 0) is 20.8 Å². The molecule has 0 aliphatic carbocycles. The summed E-state index contributed by atoms with van der Waals surface area (Å²) in [6, 6.07) is 2.71. The zero-order chi connectivity index (χ0) is 20.1. The molecule has 1 aromatic heterocycles. The topological polar surface area (TPSA) is 149 Å². The van der Waals surface area contributed by atoms with Gasteiger partial charge < -0.3 is 30.1 Å². The Morgan fingerprint density at radius 1 is 1.19 bits per heavy atom. The molecule has 27 heavy (non-hydrogen) atoms. The third-order valence-corrected chi connectivity index (χ3v) is 4.14. The Bertz CT molecular complexity index is 968. The number of carbonyl (C=O) groups excluding carboxylic acids is 3. The molecule has 0 saturated heterocycles. The first-order valence-electron chi connectivity index (χ1n) is 7.87. The van der Waals surface area contributed by atoms with Crippen LogP contribution in [0.25, 0.3) is 11.0 Å². The van der Waals surface area contributed by atoms with Crippen molar-refractivity contribution in [2.75, 3.05) is 13.1 Å². The van der Waals surface area contributed by atoms with E-state index in [-0.39, 0.29) is 34.8 Å². The van der Waals surface area contributed by atoms with E-state index in [1.54, 1.807) is 6.92 Å². The van der Waals surface area contributed by atoms with Crippen LogP contribution in [0.3, 0.4) is 0 Å². The van der Waals surface area contributed by atoms with Crippen molar-refractivity contribution in [1.29, 1.82) is 0 Å². The molecule has 2 rings (SSSR count). The highest BCUT2D eigenvalue weighted by Gasteiger charge is 2.15. The van der Waals surface area contributed by atoms with Gasteiger partial charge in [-0.1, -0.05) is 11.6 Å². The SMILES string of the molecule is Cc1c(CCC(=O)NCC(=O)NCC(=O)[O-])c(=O)oc2cc(O)c(Cl)cc12. The molecule has 0 aliphatic rings. The summed E-state index contributed by atoms with van der Waals surface area (Å²) in [6.07, 6.45) is -0.0220. The van der Waals surface area contributed by atoms with Crippen molar-refractivity contribution in [2.45, 2.75) is 19.8 Å². The van der Waals surface area contributed by atoms with Crippen molar-refractivity contribution in [3.63, 3.8) is 0 Å². The fourth-order valence-electron chi connectivity index (χ4n) is 2.43. The first kappa shape index (κ1) is 20.2. The predicted octanol–water partition coefficient (Wildman–Crippen LogP) is -0.625. The lowest BCUT2D eigenvalue weighted by Crippen LogP contribution is -2.42. The molecular weight excluding hydrogens is 380 g/mol. The second-order valence-electron chi connectivity index (χ2n) is 5.72. The second kappa shape index (κ2) is 8.54. The Hall–Kier alpha value is -3.07. The highest BCUT2D eigenvalue weighted by molar-refractivity contribution is 6.32. The van der Waals surface area contributed by atoms with Crippen LogP contribution in [0.4, 0.5) is 0 Å². The summed E-state index contributed by atoms with van der Waals surface area (Å²) in [5.41, 5.74) is 0.391. The number of aromatic hydroxyl groups is 1. The van der Waals surface area contributed by atoms with E-state index in [1.165, 1.54) is 12.1 Å². The van der Waals surface area contributed by atoms with E-state index >= 15 is 0 Å². The Kier molecular flexibility index (Phi) is 6.40. The number of halogens is 1. The number of hydrogen-bond acceptors (Lipinski definition) is 7. The van der Waals surface area contributed by atoms with Crippen molar-refractivity contribution in [3.8, 4) is 5.75 Å². The maximum absolute atomic E-state index is 12.1. The lowest BCUT2D eigenvalue weighted by Gasteiger charge is -2.09. The molecule has 0 radical (unpaired) electrons. The second-order valence-corrected chi connectivity index (χ2v) is 6.13. The van der Waals surface area contributed by atoms with Gasteiger partial charge in [-0.2, -0.15) is 0 Å². The fraction of sp³-hybridized carbons (Fsp3) is 0.294.